The van der Waals surface area contributed by atoms with Gasteiger partial charge in [0.25, 0.3) is 0 Å². The van der Waals surface area contributed by atoms with Crippen molar-refractivity contribution in [1.82, 2.24) is 0 Å². The van der Waals surface area contributed by atoms with Crippen molar-refractivity contribution in [3.05, 3.63) is 0 Å². The summed E-state index contributed by atoms with van der Waals surface area (Å²) in [5.41, 5.74) is 0. The molecule has 0 aromatic heterocycles. The zero-order valence-corrected chi connectivity index (χ0v) is 24.8. The number of hydrogen-bond acceptors (Lipinski definition) is 10. The number of aliphatic hydroxyl groups is 4. The Labute approximate surface area is 240 Å². The van der Waals surface area contributed by atoms with Gasteiger partial charge in [-0.15, -0.1) is 0 Å². The number of esters is 2. The maximum absolute atomic E-state index is 12.4. The van der Waals surface area contributed by atoms with Crippen molar-refractivity contribution in [2.24, 2.45) is 0 Å². The van der Waals surface area contributed by atoms with Crippen LogP contribution in [0, 0.1) is 0 Å². The van der Waals surface area contributed by atoms with Crippen LogP contribution in [0.5, 0.6) is 0 Å². The van der Waals surface area contributed by atoms with Crippen LogP contribution < -0.4 is 0 Å². The molecule has 0 amide bonds. The number of rotatable bonds is 24. The van der Waals surface area contributed by atoms with Gasteiger partial charge in [-0.1, -0.05) is 104 Å². The fourth-order valence-corrected chi connectivity index (χ4v) is 4.70. The third-order valence-electron chi connectivity index (χ3n) is 7.30. The molecule has 40 heavy (non-hydrogen) atoms. The van der Waals surface area contributed by atoms with Gasteiger partial charge in [0.1, 0.15) is 31.0 Å². The van der Waals surface area contributed by atoms with Crippen molar-refractivity contribution in [3.8, 4) is 0 Å². The highest BCUT2D eigenvalue weighted by molar-refractivity contribution is 5.70. The fraction of sp³-hybridized carbons (Fsp3) is 0.933. The van der Waals surface area contributed by atoms with Gasteiger partial charge in [0, 0.05) is 12.8 Å². The van der Waals surface area contributed by atoms with Crippen molar-refractivity contribution in [2.75, 3.05) is 19.8 Å². The molecule has 10 heteroatoms. The number of aliphatic hydroxyl groups excluding tert-OH is 4. The molecule has 6 unspecified atom stereocenters. The molecule has 0 aromatic carbocycles. The van der Waals surface area contributed by atoms with E-state index in [-0.39, 0.29) is 26.1 Å². The number of hydrogen-bond donors (Lipinski definition) is 4. The maximum atomic E-state index is 12.4. The van der Waals surface area contributed by atoms with Crippen molar-refractivity contribution in [1.29, 1.82) is 0 Å². The van der Waals surface area contributed by atoms with Gasteiger partial charge in [0.15, 0.2) is 12.4 Å². The first-order chi connectivity index (χ1) is 19.3. The second-order valence-electron chi connectivity index (χ2n) is 10.9. The molecule has 0 aliphatic carbocycles. The molecular weight excluding hydrogens is 520 g/mol. The highest BCUT2D eigenvalue weighted by atomic mass is 16.7. The lowest BCUT2D eigenvalue weighted by atomic mass is 9.99. The minimum Gasteiger partial charge on any atom is -0.462 e. The molecule has 1 fully saturated rings. The molecule has 6 atom stereocenters. The van der Waals surface area contributed by atoms with Crippen molar-refractivity contribution >= 4 is 11.9 Å². The zero-order valence-electron chi connectivity index (χ0n) is 24.8. The van der Waals surface area contributed by atoms with E-state index in [0.717, 1.165) is 19.3 Å². The van der Waals surface area contributed by atoms with E-state index in [2.05, 4.69) is 6.92 Å². The molecule has 4 N–H and O–H groups in total. The Balaban J connectivity index is 2.23. The first-order valence-electron chi connectivity index (χ1n) is 15.6. The Hall–Kier alpha value is -1.30. The molecule has 1 rings (SSSR count). The molecule has 236 valence electrons. The first-order valence-corrected chi connectivity index (χ1v) is 15.6. The normalized spacial score (nSPS) is 23.6. The molecule has 0 bridgehead atoms. The fourth-order valence-electron chi connectivity index (χ4n) is 4.70. The average molecular weight is 577 g/mol. The highest BCUT2D eigenvalue weighted by Crippen LogP contribution is 2.22. The van der Waals surface area contributed by atoms with Gasteiger partial charge >= 0.3 is 11.9 Å². The third kappa shape index (κ3) is 16.2. The van der Waals surface area contributed by atoms with Crippen molar-refractivity contribution in [3.63, 3.8) is 0 Å². The summed E-state index contributed by atoms with van der Waals surface area (Å²) in [5, 5.41) is 39.3. The summed E-state index contributed by atoms with van der Waals surface area (Å²) in [6.07, 6.45) is 10.8. The second-order valence-corrected chi connectivity index (χ2v) is 10.9. The van der Waals surface area contributed by atoms with Crippen molar-refractivity contribution < 1.29 is 49.0 Å². The Morgan fingerprint density at radius 2 is 1.23 bits per heavy atom. The molecule has 1 heterocycles. The van der Waals surface area contributed by atoms with Crippen molar-refractivity contribution in [2.45, 2.75) is 160 Å². The van der Waals surface area contributed by atoms with E-state index < -0.39 is 55.4 Å². The van der Waals surface area contributed by atoms with Gasteiger partial charge in [-0.2, -0.15) is 0 Å². The molecule has 1 saturated heterocycles. The Morgan fingerprint density at radius 3 is 1.73 bits per heavy atom. The van der Waals surface area contributed by atoms with Gasteiger partial charge in [0.05, 0.1) is 13.2 Å². The minimum absolute atomic E-state index is 0.160. The van der Waals surface area contributed by atoms with Crippen LogP contribution in [0.3, 0.4) is 0 Å². The summed E-state index contributed by atoms with van der Waals surface area (Å²) in [5.74, 6) is -0.902. The Kier molecular flexibility index (Phi) is 21.4. The van der Waals surface area contributed by atoms with Gasteiger partial charge in [0.2, 0.25) is 0 Å². The van der Waals surface area contributed by atoms with Gasteiger partial charge in [-0.05, 0) is 6.42 Å². The van der Waals surface area contributed by atoms with Crippen LogP contribution in [0.15, 0.2) is 0 Å². The summed E-state index contributed by atoms with van der Waals surface area (Å²) in [7, 11) is 0. The molecule has 0 aromatic rings. The SMILES string of the molecule is CCCCCCCCCCCCCCCCCC(=O)OC(COC(=O)CC)COC1OC(CO)C(O)C(O)C1O. The zero-order chi connectivity index (χ0) is 29.6. The molecule has 0 spiro atoms. The molecular formula is C30H56O10. The lowest BCUT2D eigenvalue weighted by Gasteiger charge is -2.39. The number of carbonyl (C=O) groups excluding carboxylic acids is 2. The smallest absolute Gasteiger partial charge is 0.306 e. The predicted octanol–water partition coefficient (Wildman–Crippen LogP) is 3.93. The van der Waals surface area contributed by atoms with E-state index in [9.17, 15) is 30.0 Å². The van der Waals surface area contributed by atoms with Crippen LogP contribution in [0.2, 0.25) is 0 Å². The van der Waals surface area contributed by atoms with Crippen LogP contribution in [0.1, 0.15) is 123 Å². The standard InChI is InChI=1S/C30H56O10/c1-3-5-6-7-8-9-10-11-12-13-14-15-16-17-18-19-26(33)39-23(21-37-25(32)4-2)22-38-30-29(36)28(35)27(34)24(20-31)40-30/h23-24,27-31,34-36H,3-22H2,1-2H3. The van der Waals surface area contributed by atoms with Gasteiger partial charge in [-0.3, -0.25) is 9.59 Å². The van der Waals surface area contributed by atoms with Crippen LogP contribution >= 0.6 is 0 Å². The lowest BCUT2D eigenvalue weighted by Crippen LogP contribution is -2.59. The van der Waals surface area contributed by atoms with Gasteiger partial charge < -0.3 is 39.4 Å². The molecule has 10 nitrogen and oxygen atoms in total. The summed E-state index contributed by atoms with van der Waals surface area (Å²) in [6, 6.07) is 0. The van der Waals surface area contributed by atoms with Crippen LogP contribution in [0.4, 0.5) is 0 Å². The quantitative estimate of drug-likeness (QED) is 0.0982. The molecule has 0 radical (unpaired) electrons. The van der Waals surface area contributed by atoms with E-state index in [0.29, 0.717) is 6.42 Å². The highest BCUT2D eigenvalue weighted by Gasteiger charge is 2.44. The number of carbonyl (C=O) groups is 2. The van der Waals surface area contributed by atoms with Gasteiger partial charge in [-0.25, -0.2) is 0 Å². The summed E-state index contributed by atoms with van der Waals surface area (Å²) < 4.78 is 21.4. The number of ether oxygens (including phenoxy) is 4. The average Bonchev–Trinajstić information content (AvgIpc) is 2.95. The summed E-state index contributed by atoms with van der Waals surface area (Å²) >= 11 is 0. The minimum atomic E-state index is -1.58. The largest absolute Gasteiger partial charge is 0.462 e. The predicted molar refractivity (Wildman–Crippen MR) is 150 cm³/mol. The van der Waals surface area contributed by atoms with E-state index >= 15 is 0 Å². The Bertz CT molecular complexity index is 644. The molecule has 0 saturated carbocycles. The van der Waals surface area contributed by atoms with E-state index in [1.807, 2.05) is 0 Å². The lowest BCUT2D eigenvalue weighted by molar-refractivity contribution is -0.305. The monoisotopic (exact) mass is 576 g/mol. The first kappa shape index (κ1) is 36.7. The number of unbranched alkanes of at least 4 members (excludes halogenated alkanes) is 14. The van der Waals surface area contributed by atoms with E-state index in [1.165, 1.54) is 70.6 Å². The third-order valence-corrected chi connectivity index (χ3v) is 7.30. The summed E-state index contributed by atoms with van der Waals surface area (Å²) in [6.45, 7) is 2.80. The second kappa shape index (κ2) is 23.3. The molecule has 1 aliphatic rings. The van der Waals surface area contributed by atoms with E-state index in [4.69, 9.17) is 18.9 Å². The van der Waals surface area contributed by atoms with Crippen LogP contribution in [-0.4, -0.2) is 89.0 Å². The van der Waals surface area contributed by atoms with Crippen LogP contribution in [0.25, 0.3) is 0 Å². The molecule has 1 aliphatic heterocycles. The van der Waals surface area contributed by atoms with E-state index in [1.54, 1.807) is 6.92 Å². The summed E-state index contributed by atoms with van der Waals surface area (Å²) in [4.78, 5) is 24.0. The topological polar surface area (TPSA) is 152 Å². The maximum Gasteiger partial charge on any atom is 0.306 e. The van der Waals surface area contributed by atoms with Crippen LogP contribution in [-0.2, 0) is 28.5 Å². The Morgan fingerprint density at radius 1 is 0.700 bits per heavy atom.